The van der Waals surface area contributed by atoms with E-state index >= 15 is 0 Å². The zero-order chi connectivity index (χ0) is 8.67. The molecule has 3 aliphatic rings. The number of allylic oxidation sites excluding steroid dienone is 4. The molecule has 1 saturated carbocycles. The Labute approximate surface area is 80.7 Å². The molecule has 0 N–H and O–H groups in total. The van der Waals surface area contributed by atoms with Gasteiger partial charge in [0.2, 0.25) is 0 Å². The Bertz CT molecular complexity index is 249. The molecule has 0 nitrogen and oxygen atoms in total. The van der Waals surface area contributed by atoms with Gasteiger partial charge in [-0.15, -0.1) is 0 Å². The van der Waals surface area contributed by atoms with Crippen LogP contribution in [0.15, 0.2) is 24.3 Å². The summed E-state index contributed by atoms with van der Waals surface area (Å²) in [6.45, 7) is 0. The van der Waals surface area contributed by atoms with Crippen LogP contribution < -0.4 is 0 Å². The van der Waals surface area contributed by atoms with E-state index < -0.39 is 0 Å². The van der Waals surface area contributed by atoms with Gasteiger partial charge in [0.15, 0.2) is 0 Å². The Hall–Kier alpha value is -0.520. The maximum absolute atomic E-state index is 2.53. The van der Waals surface area contributed by atoms with E-state index in [1.807, 2.05) is 0 Å². The summed E-state index contributed by atoms with van der Waals surface area (Å²) in [4.78, 5) is 0. The van der Waals surface area contributed by atoms with Gasteiger partial charge >= 0.3 is 0 Å². The average molecular weight is 174 g/mol. The van der Waals surface area contributed by atoms with Gasteiger partial charge in [-0.2, -0.15) is 0 Å². The standard InChI is InChI=1S/C13H18/c1-2-6-12-10(4-1)8-9-11-5-3-7-13(11)12/h2,6,8-13H,1,3-5,7H2. The lowest BCUT2D eigenvalue weighted by Gasteiger charge is -2.36. The van der Waals surface area contributed by atoms with Crippen LogP contribution in [0.2, 0.25) is 0 Å². The maximum atomic E-state index is 2.53. The number of hydrogen-bond donors (Lipinski definition) is 0. The van der Waals surface area contributed by atoms with E-state index in [2.05, 4.69) is 24.3 Å². The Kier molecular flexibility index (Phi) is 1.81. The molecule has 3 aliphatic carbocycles. The van der Waals surface area contributed by atoms with Gasteiger partial charge in [-0.25, -0.2) is 0 Å². The summed E-state index contributed by atoms with van der Waals surface area (Å²) in [5, 5.41) is 0. The molecule has 0 heterocycles. The molecule has 0 aromatic heterocycles. The smallest absolute Gasteiger partial charge is 0.0136 e. The van der Waals surface area contributed by atoms with Crippen molar-refractivity contribution in [1.29, 1.82) is 0 Å². The van der Waals surface area contributed by atoms with Gasteiger partial charge in [-0.1, -0.05) is 30.7 Å². The highest BCUT2D eigenvalue weighted by Crippen LogP contribution is 2.47. The highest BCUT2D eigenvalue weighted by molar-refractivity contribution is 5.14. The Morgan fingerprint density at radius 1 is 0.846 bits per heavy atom. The zero-order valence-corrected chi connectivity index (χ0v) is 8.15. The van der Waals surface area contributed by atoms with E-state index in [1.54, 1.807) is 0 Å². The summed E-state index contributed by atoms with van der Waals surface area (Å²) in [7, 11) is 0. The fourth-order valence-corrected chi connectivity index (χ4v) is 3.58. The molecule has 0 spiro atoms. The van der Waals surface area contributed by atoms with E-state index in [0.717, 1.165) is 23.7 Å². The number of rotatable bonds is 0. The van der Waals surface area contributed by atoms with Crippen molar-refractivity contribution in [3.05, 3.63) is 24.3 Å². The molecule has 0 radical (unpaired) electrons. The van der Waals surface area contributed by atoms with Crippen LogP contribution in [0.5, 0.6) is 0 Å². The first kappa shape index (κ1) is 7.84. The first-order valence-electron chi connectivity index (χ1n) is 5.80. The molecule has 4 unspecified atom stereocenters. The van der Waals surface area contributed by atoms with Gasteiger partial charge in [-0.05, 0) is 49.4 Å². The molecule has 0 aromatic rings. The molecular weight excluding hydrogens is 156 g/mol. The third kappa shape index (κ3) is 1.19. The zero-order valence-electron chi connectivity index (χ0n) is 8.15. The minimum Gasteiger partial charge on any atom is -0.0882 e. The van der Waals surface area contributed by atoms with E-state index in [4.69, 9.17) is 0 Å². The molecule has 3 rings (SSSR count). The molecular formula is C13H18. The van der Waals surface area contributed by atoms with Crippen LogP contribution in [0.1, 0.15) is 32.1 Å². The fraction of sp³-hybridized carbons (Fsp3) is 0.692. The van der Waals surface area contributed by atoms with Gasteiger partial charge < -0.3 is 0 Å². The summed E-state index contributed by atoms with van der Waals surface area (Å²) < 4.78 is 0. The summed E-state index contributed by atoms with van der Waals surface area (Å²) >= 11 is 0. The van der Waals surface area contributed by atoms with Crippen molar-refractivity contribution < 1.29 is 0 Å². The van der Waals surface area contributed by atoms with Crippen LogP contribution in [-0.4, -0.2) is 0 Å². The van der Waals surface area contributed by atoms with Crippen molar-refractivity contribution in [2.24, 2.45) is 23.7 Å². The van der Waals surface area contributed by atoms with Gasteiger partial charge in [0.1, 0.15) is 0 Å². The lowest BCUT2D eigenvalue weighted by molar-refractivity contribution is 0.248. The van der Waals surface area contributed by atoms with Crippen molar-refractivity contribution in [3.8, 4) is 0 Å². The minimum absolute atomic E-state index is 0.893. The second-order valence-corrected chi connectivity index (χ2v) is 4.89. The fourth-order valence-electron chi connectivity index (χ4n) is 3.58. The van der Waals surface area contributed by atoms with Crippen LogP contribution in [0.3, 0.4) is 0 Å². The van der Waals surface area contributed by atoms with Crippen LogP contribution in [0.4, 0.5) is 0 Å². The molecule has 0 amide bonds. The largest absolute Gasteiger partial charge is 0.0882 e. The quantitative estimate of drug-likeness (QED) is 0.493. The summed E-state index contributed by atoms with van der Waals surface area (Å²) in [6, 6.07) is 0. The predicted octanol–water partition coefficient (Wildman–Crippen LogP) is 3.55. The highest BCUT2D eigenvalue weighted by atomic mass is 14.4. The number of fused-ring (bicyclic) bond motifs is 3. The second-order valence-electron chi connectivity index (χ2n) is 4.89. The Morgan fingerprint density at radius 2 is 1.77 bits per heavy atom. The molecule has 4 atom stereocenters. The Balaban J connectivity index is 1.91. The molecule has 0 aliphatic heterocycles. The van der Waals surface area contributed by atoms with Crippen molar-refractivity contribution in [1.82, 2.24) is 0 Å². The SMILES string of the molecule is C1=CC2C(C=CC3CCCC32)CC1. The van der Waals surface area contributed by atoms with Crippen LogP contribution >= 0.6 is 0 Å². The van der Waals surface area contributed by atoms with E-state index in [0.29, 0.717) is 0 Å². The average Bonchev–Trinajstić information content (AvgIpc) is 2.65. The Morgan fingerprint density at radius 3 is 2.77 bits per heavy atom. The summed E-state index contributed by atoms with van der Waals surface area (Å²) in [5.41, 5.74) is 0. The first-order chi connectivity index (χ1) is 6.45. The van der Waals surface area contributed by atoms with Gasteiger partial charge in [0, 0.05) is 0 Å². The number of hydrogen-bond acceptors (Lipinski definition) is 0. The van der Waals surface area contributed by atoms with Gasteiger partial charge in [-0.3, -0.25) is 0 Å². The predicted molar refractivity (Wildman–Crippen MR) is 55.3 cm³/mol. The van der Waals surface area contributed by atoms with E-state index in [1.165, 1.54) is 32.1 Å². The first-order valence-corrected chi connectivity index (χ1v) is 5.80. The monoisotopic (exact) mass is 174 g/mol. The van der Waals surface area contributed by atoms with Crippen molar-refractivity contribution in [2.45, 2.75) is 32.1 Å². The molecule has 13 heavy (non-hydrogen) atoms. The molecule has 0 bridgehead atoms. The molecule has 0 saturated heterocycles. The lowest BCUT2D eigenvalue weighted by atomic mass is 9.68. The van der Waals surface area contributed by atoms with Gasteiger partial charge in [0.05, 0.1) is 0 Å². The molecule has 0 heteroatoms. The molecule has 1 fully saturated rings. The van der Waals surface area contributed by atoms with Crippen molar-refractivity contribution in [2.75, 3.05) is 0 Å². The van der Waals surface area contributed by atoms with Crippen LogP contribution in [-0.2, 0) is 0 Å². The van der Waals surface area contributed by atoms with Crippen LogP contribution in [0.25, 0.3) is 0 Å². The third-order valence-electron chi connectivity index (χ3n) is 4.24. The summed E-state index contributed by atoms with van der Waals surface area (Å²) in [5.74, 6) is 3.74. The van der Waals surface area contributed by atoms with E-state index in [9.17, 15) is 0 Å². The second kappa shape index (κ2) is 3.01. The molecule has 0 aromatic carbocycles. The lowest BCUT2D eigenvalue weighted by Crippen LogP contribution is -2.28. The highest BCUT2D eigenvalue weighted by Gasteiger charge is 2.37. The van der Waals surface area contributed by atoms with E-state index in [-0.39, 0.29) is 0 Å². The van der Waals surface area contributed by atoms with Crippen molar-refractivity contribution in [3.63, 3.8) is 0 Å². The normalized spacial score (nSPS) is 47.4. The van der Waals surface area contributed by atoms with Crippen molar-refractivity contribution >= 4 is 0 Å². The summed E-state index contributed by atoms with van der Waals surface area (Å²) in [6.07, 6.45) is 17.1. The maximum Gasteiger partial charge on any atom is -0.0136 e. The minimum atomic E-state index is 0.893. The van der Waals surface area contributed by atoms with Gasteiger partial charge in [0.25, 0.3) is 0 Å². The third-order valence-corrected chi connectivity index (χ3v) is 4.24. The topological polar surface area (TPSA) is 0 Å². The van der Waals surface area contributed by atoms with Crippen LogP contribution in [0, 0.1) is 23.7 Å². The molecule has 70 valence electrons.